The minimum Gasteiger partial charge on any atom is -0.398 e. The van der Waals surface area contributed by atoms with Crippen molar-refractivity contribution in [2.45, 2.75) is 20.4 Å². The molecular weight excluding hydrogens is 202 g/mol. The number of aromatic nitrogens is 2. The molecule has 86 valence electrons. The van der Waals surface area contributed by atoms with E-state index in [0.717, 1.165) is 34.7 Å². The van der Waals surface area contributed by atoms with Gasteiger partial charge in [-0.25, -0.2) is 4.98 Å². The molecule has 16 heavy (non-hydrogen) atoms. The molecule has 0 aliphatic rings. The van der Waals surface area contributed by atoms with Gasteiger partial charge in [-0.05, 0) is 31.5 Å². The van der Waals surface area contributed by atoms with Gasteiger partial charge in [-0.3, -0.25) is 0 Å². The zero-order chi connectivity index (χ0) is 11.7. The molecule has 0 saturated carbocycles. The summed E-state index contributed by atoms with van der Waals surface area (Å²) in [7, 11) is 1.70. The third-order valence-corrected chi connectivity index (χ3v) is 2.85. The van der Waals surface area contributed by atoms with E-state index in [4.69, 9.17) is 10.5 Å². The average molecular weight is 219 g/mol. The first kappa shape index (κ1) is 11.0. The molecule has 2 aromatic rings. The summed E-state index contributed by atoms with van der Waals surface area (Å²) in [6.07, 6.45) is 0. The van der Waals surface area contributed by atoms with Crippen LogP contribution in [0, 0.1) is 13.8 Å². The molecule has 2 N–H and O–H groups in total. The van der Waals surface area contributed by atoms with Crippen LogP contribution in [0.1, 0.15) is 11.4 Å². The smallest absolute Gasteiger partial charge is 0.106 e. The standard InChI is InChI=1S/C12H17N3O/c1-8-6-11-12(7-10(8)13)15(4-5-16-3)9(2)14-11/h6-7H,4-5,13H2,1-3H3. The van der Waals surface area contributed by atoms with Crippen LogP contribution in [0.3, 0.4) is 0 Å². The number of nitrogens with two attached hydrogens (primary N) is 1. The second-order valence-corrected chi connectivity index (χ2v) is 4.00. The first-order chi connectivity index (χ1) is 7.63. The highest BCUT2D eigenvalue weighted by Crippen LogP contribution is 2.22. The van der Waals surface area contributed by atoms with E-state index in [1.54, 1.807) is 7.11 Å². The van der Waals surface area contributed by atoms with Gasteiger partial charge in [-0.2, -0.15) is 0 Å². The molecule has 2 rings (SSSR count). The van der Waals surface area contributed by atoms with Gasteiger partial charge in [0.15, 0.2) is 0 Å². The molecule has 1 heterocycles. The van der Waals surface area contributed by atoms with Gasteiger partial charge in [0.1, 0.15) is 5.82 Å². The molecule has 1 aromatic heterocycles. The fraction of sp³-hybridized carbons (Fsp3) is 0.417. The summed E-state index contributed by atoms with van der Waals surface area (Å²) in [5.41, 5.74) is 9.89. The maximum Gasteiger partial charge on any atom is 0.106 e. The lowest BCUT2D eigenvalue weighted by molar-refractivity contribution is 0.187. The number of aryl methyl sites for hydroxylation is 2. The van der Waals surface area contributed by atoms with Gasteiger partial charge in [-0.1, -0.05) is 0 Å². The van der Waals surface area contributed by atoms with Crippen LogP contribution in [0.4, 0.5) is 5.69 Å². The Bertz CT molecular complexity index is 516. The fourth-order valence-corrected chi connectivity index (χ4v) is 1.88. The Labute approximate surface area is 95.0 Å². The largest absolute Gasteiger partial charge is 0.398 e. The summed E-state index contributed by atoms with van der Waals surface area (Å²) in [4.78, 5) is 4.52. The number of rotatable bonds is 3. The van der Waals surface area contributed by atoms with Crippen molar-refractivity contribution in [3.63, 3.8) is 0 Å². The van der Waals surface area contributed by atoms with E-state index >= 15 is 0 Å². The number of hydrogen-bond donors (Lipinski definition) is 1. The van der Waals surface area contributed by atoms with Gasteiger partial charge in [0.25, 0.3) is 0 Å². The molecule has 0 saturated heterocycles. The number of hydrogen-bond acceptors (Lipinski definition) is 3. The molecular formula is C12H17N3O. The molecule has 0 unspecified atom stereocenters. The summed E-state index contributed by atoms with van der Waals surface area (Å²) in [6, 6.07) is 4.02. The molecule has 0 radical (unpaired) electrons. The lowest BCUT2D eigenvalue weighted by atomic mass is 10.2. The molecule has 4 nitrogen and oxygen atoms in total. The topological polar surface area (TPSA) is 53.1 Å². The summed E-state index contributed by atoms with van der Waals surface area (Å²) in [6.45, 7) is 5.49. The van der Waals surface area contributed by atoms with Crippen LogP contribution in [-0.4, -0.2) is 23.3 Å². The van der Waals surface area contributed by atoms with Crippen molar-refractivity contribution in [3.05, 3.63) is 23.5 Å². The Hall–Kier alpha value is -1.55. The van der Waals surface area contributed by atoms with Gasteiger partial charge in [0.05, 0.1) is 17.6 Å². The van der Waals surface area contributed by atoms with Crippen molar-refractivity contribution in [1.82, 2.24) is 9.55 Å². The normalized spacial score (nSPS) is 11.2. The number of nitrogens with zero attached hydrogens (tertiary/aromatic N) is 2. The van der Waals surface area contributed by atoms with Gasteiger partial charge >= 0.3 is 0 Å². The van der Waals surface area contributed by atoms with Crippen LogP contribution in [0.15, 0.2) is 12.1 Å². The molecule has 0 aliphatic carbocycles. The number of fused-ring (bicyclic) bond motifs is 1. The quantitative estimate of drug-likeness (QED) is 0.802. The van der Waals surface area contributed by atoms with Crippen molar-refractivity contribution in [2.75, 3.05) is 19.5 Å². The predicted molar refractivity (Wildman–Crippen MR) is 65.5 cm³/mol. The van der Waals surface area contributed by atoms with E-state index < -0.39 is 0 Å². The van der Waals surface area contributed by atoms with E-state index in [1.165, 1.54) is 0 Å². The second kappa shape index (κ2) is 4.14. The monoisotopic (exact) mass is 219 g/mol. The third kappa shape index (κ3) is 1.76. The number of nitrogen functional groups attached to an aromatic ring is 1. The maximum absolute atomic E-state index is 5.92. The summed E-state index contributed by atoms with van der Waals surface area (Å²) in [5.74, 6) is 0.997. The lowest BCUT2D eigenvalue weighted by Crippen LogP contribution is -2.06. The number of anilines is 1. The molecule has 0 atom stereocenters. The zero-order valence-electron chi connectivity index (χ0n) is 9.95. The van der Waals surface area contributed by atoms with Crippen LogP contribution in [0.5, 0.6) is 0 Å². The molecule has 0 fully saturated rings. The van der Waals surface area contributed by atoms with Crippen LogP contribution >= 0.6 is 0 Å². The Morgan fingerprint density at radius 2 is 2.12 bits per heavy atom. The van der Waals surface area contributed by atoms with Gasteiger partial charge in [0, 0.05) is 19.3 Å². The van der Waals surface area contributed by atoms with Gasteiger partial charge < -0.3 is 15.0 Å². The lowest BCUT2D eigenvalue weighted by Gasteiger charge is -2.06. The van der Waals surface area contributed by atoms with E-state index in [2.05, 4.69) is 9.55 Å². The second-order valence-electron chi connectivity index (χ2n) is 4.00. The molecule has 0 amide bonds. The highest BCUT2D eigenvalue weighted by atomic mass is 16.5. The molecule has 0 bridgehead atoms. The zero-order valence-corrected chi connectivity index (χ0v) is 9.95. The summed E-state index contributed by atoms with van der Waals surface area (Å²) in [5, 5.41) is 0. The van der Waals surface area contributed by atoms with Gasteiger partial charge in [0.2, 0.25) is 0 Å². The van der Waals surface area contributed by atoms with Crippen LogP contribution in [0.2, 0.25) is 0 Å². The number of methoxy groups -OCH3 is 1. The summed E-state index contributed by atoms with van der Waals surface area (Å²) < 4.78 is 7.23. The number of benzene rings is 1. The predicted octanol–water partition coefficient (Wildman–Crippen LogP) is 1.88. The number of ether oxygens (including phenoxy) is 1. The van der Waals surface area contributed by atoms with Gasteiger partial charge in [-0.15, -0.1) is 0 Å². The molecule has 1 aromatic carbocycles. The number of imidazole rings is 1. The van der Waals surface area contributed by atoms with Crippen molar-refractivity contribution in [1.29, 1.82) is 0 Å². The average Bonchev–Trinajstić information content (AvgIpc) is 2.52. The van der Waals surface area contributed by atoms with Crippen molar-refractivity contribution in [3.8, 4) is 0 Å². The van der Waals surface area contributed by atoms with E-state index in [-0.39, 0.29) is 0 Å². The first-order valence-corrected chi connectivity index (χ1v) is 5.35. The van der Waals surface area contributed by atoms with Crippen molar-refractivity contribution >= 4 is 16.7 Å². The Morgan fingerprint density at radius 1 is 1.38 bits per heavy atom. The fourth-order valence-electron chi connectivity index (χ4n) is 1.88. The van der Waals surface area contributed by atoms with E-state index in [1.807, 2.05) is 26.0 Å². The molecule has 4 heteroatoms. The highest BCUT2D eigenvalue weighted by molar-refractivity contribution is 5.81. The Kier molecular flexibility index (Phi) is 2.83. The van der Waals surface area contributed by atoms with Crippen LogP contribution < -0.4 is 5.73 Å². The highest BCUT2D eigenvalue weighted by Gasteiger charge is 2.08. The van der Waals surface area contributed by atoms with E-state index in [9.17, 15) is 0 Å². The van der Waals surface area contributed by atoms with Crippen molar-refractivity contribution in [2.24, 2.45) is 0 Å². The maximum atomic E-state index is 5.92. The third-order valence-electron chi connectivity index (χ3n) is 2.85. The van der Waals surface area contributed by atoms with Crippen molar-refractivity contribution < 1.29 is 4.74 Å². The minimum absolute atomic E-state index is 0.681. The first-order valence-electron chi connectivity index (χ1n) is 5.35. The Morgan fingerprint density at radius 3 is 2.81 bits per heavy atom. The van der Waals surface area contributed by atoms with Crippen LogP contribution in [0.25, 0.3) is 11.0 Å². The van der Waals surface area contributed by atoms with E-state index in [0.29, 0.717) is 6.61 Å². The molecule has 0 spiro atoms. The SMILES string of the molecule is COCCn1c(C)nc2cc(C)c(N)cc21. The summed E-state index contributed by atoms with van der Waals surface area (Å²) >= 11 is 0. The minimum atomic E-state index is 0.681. The molecule has 0 aliphatic heterocycles. The Balaban J connectivity index is 2.55. The van der Waals surface area contributed by atoms with Crippen LogP contribution in [-0.2, 0) is 11.3 Å².